The summed E-state index contributed by atoms with van der Waals surface area (Å²) in [6, 6.07) is 13.6. The summed E-state index contributed by atoms with van der Waals surface area (Å²) in [5.74, 6) is 1.56. The van der Waals surface area contributed by atoms with E-state index in [0.717, 1.165) is 72.0 Å². The molecule has 0 atom stereocenters. The number of carbonyl (C=O) groups excluding carboxylic acids is 1. The van der Waals surface area contributed by atoms with Crippen LogP contribution < -0.4 is 4.74 Å². The van der Waals surface area contributed by atoms with E-state index in [-0.39, 0.29) is 5.78 Å². The third-order valence-corrected chi connectivity index (χ3v) is 6.89. The molecule has 5 heteroatoms. The normalized spacial score (nSPS) is 17.8. The van der Waals surface area contributed by atoms with Gasteiger partial charge in [-0.2, -0.15) is 0 Å². The maximum Gasteiger partial charge on any atom is 0.197 e. The van der Waals surface area contributed by atoms with Crippen LogP contribution in [0.3, 0.4) is 0 Å². The summed E-state index contributed by atoms with van der Waals surface area (Å²) in [7, 11) is 0. The number of fused-ring (bicyclic) bond motifs is 4. The number of benzene rings is 2. The Hall–Kier alpha value is -3.05. The number of allylic oxidation sites excluding steroid dienone is 1. The third kappa shape index (κ3) is 3.41. The van der Waals surface area contributed by atoms with Crippen molar-refractivity contribution in [3.8, 4) is 5.75 Å². The Balaban J connectivity index is 1.33. The van der Waals surface area contributed by atoms with Gasteiger partial charge >= 0.3 is 0 Å². The number of hydrogen-bond acceptors (Lipinski definition) is 5. The van der Waals surface area contributed by atoms with E-state index in [9.17, 15) is 4.79 Å². The van der Waals surface area contributed by atoms with Gasteiger partial charge in [-0.1, -0.05) is 24.8 Å². The van der Waals surface area contributed by atoms with Crippen molar-refractivity contribution in [3.63, 3.8) is 0 Å². The highest BCUT2D eigenvalue weighted by Gasteiger charge is 2.41. The summed E-state index contributed by atoms with van der Waals surface area (Å²) in [6.45, 7) is 15.9. The van der Waals surface area contributed by atoms with Gasteiger partial charge < -0.3 is 14.1 Å². The van der Waals surface area contributed by atoms with Crippen molar-refractivity contribution < 1.29 is 13.9 Å². The number of nitrogens with zero attached hydrogens (tertiary/aromatic N) is 2. The van der Waals surface area contributed by atoms with Crippen LogP contribution in [0, 0.1) is 0 Å². The van der Waals surface area contributed by atoms with Gasteiger partial charge in [-0.3, -0.25) is 9.69 Å². The zero-order valence-electron chi connectivity index (χ0n) is 19.1. The van der Waals surface area contributed by atoms with Crippen LogP contribution in [-0.2, 0) is 5.41 Å². The molecule has 1 fully saturated rings. The zero-order chi connectivity index (χ0) is 22.5. The molecule has 0 amide bonds. The zero-order valence-corrected chi connectivity index (χ0v) is 19.1. The Morgan fingerprint density at radius 1 is 1.12 bits per heavy atom. The molecule has 5 nitrogen and oxygen atoms in total. The van der Waals surface area contributed by atoms with E-state index < -0.39 is 5.41 Å². The molecule has 0 N–H and O–H groups in total. The van der Waals surface area contributed by atoms with Crippen molar-refractivity contribution in [1.82, 2.24) is 9.80 Å². The largest absolute Gasteiger partial charge is 0.492 e. The van der Waals surface area contributed by atoms with Gasteiger partial charge in [0.15, 0.2) is 5.78 Å². The lowest BCUT2D eigenvalue weighted by Crippen LogP contribution is -2.46. The van der Waals surface area contributed by atoms with Crippen molar-refractivity contribution in [1.29, 1.82) is 0 Å². The smallest absolute Gasteiger partial charge is 0.197 e. The first-order valence-electron chi connectivity index (χ1n) is 11.3. The number of furan rings is 1. The van der Waals surface area contributed by atoms with E-state index in [1.807, 2.05) is 42.5 Å². The average Bonchev–Trinajstić information content (AvgIpc) is 3.19. The van der Waals surface area contributed by atoms with Crippen molar-refractivity contribution in [2.24, 2.45) is 0 Å². The van der Waals surface area contributed by atoms with Gasteiger partial charge in [-0.15, -0.1) is 0 Å². The Morgan fingerprint density at radius 3 is 2.62 bits per heavy atom. The maximum absolute atomic E-state index is 13.4. The molecule has 0 radical (unpaired) electrons. The summed E-state index contributed by atoms with van der Waals surface area (Å²) in [5, 5.41) is 0.887. The third-order valence-electron chi connectivity index (χ3n) is 6.89. The highest BCUT2D eigenvalue weighted by molar-refractivity contribution is 6.19. The molecule has 5 rings (SSSR count). The fraction of sp³-hybridized carbons (Fsp3) is 0.370. The molecule has 166 valence electrons. The predicted octanol–water partition coefficient (Wildman–Crippen LogP) is 4.83. The molecule has 2 aromatic carbocycles. The summed E-state index contributed by atoms with van der Waals surface area (Å²) in [4.78, 5) is 18.1. The second-order valence-electron chi connectivity index (χ2n) is 9.38. The van der Waals surface area contributed by atoms with Gasteiger partial charge in [0.05, 0.1) is 5.56 Å². The molecule has 1 aliphatic carbocycles. The first-order valence-corrected chi connectivity index (χ1v) is 11.3. The Labute approximate surface area is 189 Å². The van der Waals surface area contributed by atoms with Crippen molar-refractivity contribution in [2.75, 3.05) is 39.3 Å². The van der Waals surface area contributed by atoms with E-state index in [1.165, 1.54) is 0 Å². The highest BCUT2D eigenvalue weighted by Crippen LogP contribution is 2.46. The average molecular weight is 431 g/mol. The van der Waals surface area contributed by atoms with E-state index in [2.05, 4.69) is 37.1 Å². The minimum Gasteiger partial charge on any atom is -0.492 e. The molecule has 2 aliphatic rings. The van der Waals surface area contributed by atoms with Crippen LogP contribution in [0.5, 0.6) is 5.75 Å². The lowest BCUT2D eigenvalue weighted by molar-refractivity contribution is 0.102. The fourth-order valence-electron chi connectivity index (χ4n) is 4.94. The van der Waals surface area contributed by atoms with Gasteiger partial charge in [-0.25, -0.2) is 0 Å². The molecular weight excluding hydrogens is 400 g/mol. The molecule has 1 saturated heterocycles. The van der Waals surface area contributed by atoms with Crippen molar-refractivity contribution >= 4 is 16.8 Å². The number of piperazine rings is 1. The van der Waals surface area contributed by atoms with Gasteiger partial charge in [0.1, 0.15) is 23.7 Å². The topological polar surface area (TPSA) is 45.9 Å². The van der Waals surface area contributed by atoms with Crippen LogP contribution in [-0.4, -0.2) is 54.9 Å². The second-order valence-corrected chi connectivity index (χ2v) is 9.38. The maximum atomic E-state index is 13.4. The van der Waals surface area contributed by atoms with E-state index in [1.54, 1.807) is 0 Å². The summed E-state index contributed by atoms with van der Waals surface area (Å²) >= 11 is 0. The predicted molar refractivity (Wildman–Crippen MR) is 127 cm³/mol. The van der Waals surface area contributed by atoms with Crippen LogP contribution in [0.2, 0.25) is 0 Å². The quantitative estimate of drug-likeness (QED) is 0.580. The first kappa shape index (κ1) is 20.8. The molecular formula is C27H30N2O3. The number of ketones is 1. The first-order chi connectivity index (χ1) is 15.4. The van der Waals surface area contributed by atoms with Gasteiger partial charge in [0.2, 0.25) is 0 Å². The molecule has 1 aliphatic heterocycles. The number of ether oxygens (including phenoxy) is 1. The van der Waals surface area contributed by atoms with E-state index in [0.29, 0.717) is 12.2 Å². The monoisotopic (exact) mass is 430 g/mol. The van der Waals surface area contributed by atoms with Crippen molar-refractivity contribution in [2.45, 2.75) is 26.2 Å². The Bertz CT molecular complexity index is 1200. The lowest BCUT2D eigenvalue weighted by atomic mass is 9.72. The summed E-state index contributed by atoms with van der Waals surface area (Å²) in [5.41, 5.74) is 3.87. The van der Waals surface area contributed by atoms with Gasteiger partial charge in [0.25, 0.3) is 0 Å². The number of hydrogen-bond donors (Lipinski definition) is 0. The van der Waals surface area contributed by atoms with Crippen LogP contribution in [0.4, 0.5) is 0 Å². The van der Waals surface area contributed by atoms with Crippen LogP contribution in [0.15, 0.2) is 59.2 Å². The molecule has 0 spiro atoms. The molecule has 2 heterocycles. The molecule has 3 aromatic rings. The van der Waals surface area contributed by atoms with Gasteiger partial charge in [0, 0.05) is 54.8 Å². The van der Waals surface area contributed by atoms with E-state index >= 15 is 0 Å². The van der Waals surface area contributed by atoms with Crippen molar-refractivity contribution in [3.05, 3.63) is 77.2 Å². The number of rotatable bonds is 5. The standard InChI is InChI=1S/C27H30N2O3/c1-18(2)29-13-11-28(12-14-29)15-16-31-19-9-10-20-22(17-19)27(3,4)26-24(25(20)30)21-7-5-6-8-23(21)32-26/h5-10,17H,1,11-16H2,2-4H3. The summed E-state index contributed by atoms with van der Waals surface area (Å²) in [6.07, 6.45) is 0. The number of para-hydroxylation sites is 1. The molecule has 0 unspecified atom stereocenters. The SMILES string of the molecule is C=C(C)N1CCN(CCOc2ccc3c(c2)C(C)(C)c2oc4ccccc4c2C3=O)CC1. The molecule has 1 aromatic heterocycles. The Morgan fingerprint density at radius 2 is 1.88 bits per heavy atom. The van der Waals surface area contributed by atoms with Crippen LogP contribution >= 0.6 is 0 Å². The van der Waals surface area contributed by atoms with E-state index in [4.69, 9.17) is 9.15 Å². The second kappa shape index (κ2) is 7.82. The summed E-state index contributed by atoms with van der Waals surface area (Å²) < 4.78 is 12.3. The fourth-order valence-corrected chi connectivity index (χ4v) is 4.94. The van der Waals surface area contributed by atoms with Crippen LogP contribution in [0.25, 0.3) is 11.0 Å². The molecule has 32 heavy (non-hydrogen) atoms. The van der Waals surface area contributed by atoms with Gasteiger partial charge in [-0.05, 0) is 50.6 Å². The Kier molecular flexibility index (Phi) is 5.09. The van der Waals surface area contributed by atoms with Crippen LogP contribution in [0.1, 0.15) is 48.0 Å². The minimum absolute atomic E-state index is 0.0289. The lowest BCUT2D eigenvalue weighted by Gasteiger charge is -2.36. The molecule has 0 saturated carbocycles. The highest BCUT2D eigenvalue weighted by atomic mass is 16.5. The molecule has 0 bridgehead atoms. The minimum atomic E-state index is -0.421. The number of carbonyl (C=O) groups is 1.